The molecule has 2 rings (SSSR count). The van der Waals surface area contributed by atoms with Crippen molar-refractivity contribution in [1.82, 2.24) is 9.88 Å². The van der Waals surface area contributed by atoms with E-state index in [4.69, 9.17) is 4.74 Å². The zero-order chi connectivity index (χ0) is 16.3. The lowest BCUT2D eigenvalue weighted by molar-refractivity contribution is 0.0206. The summed E-state index contributed by atoms with van der Waals surface area (Å²) in [7, 11) is 0. The molecule has 1 aliphatic rings. The molecule has 0 bridgehead atoms. The molecule has 1 atom stereocenters. The first-order valence-corrected chi connectivity index (χ1v) is 7.93. The van der Waals surface area contributed by atoms with E-state index in [0.717, 1.165) is 36.5 Å². The average molecular weight is 340 g/mol. The number of aromatic nitrogens is 1. The van der Waals surface area contributed by atoms with Gasteiger partial charge in [0.15, 0.2) is 0 Å². The minimum atomic E-state index is -0.448. The molecule has 1 aromatic rings. The standard InChI is InChI=1S/C17H27N3O2.H2S/c1-12-9-15(10-13(2)18-12)19-14-7-6-8-20(11-14)16(21)22-17(3,4)5;/h9-10,14H,6-8,11H2,1-5H3,(H,18,19);1H2/t14-;/m0./s1. The van der Waals surface area contributed by atoms with Crippen LogP contribution in [0.15, 0.2) is 12.1 Å². The van der Waals surface area contributed by atoms with Crippen molar-refractivity contribution in [3.8, 4) is 0 Å². The third kappa shape index (κ3) is 6.29. The van der Waals surface area contributed by atoms with Crippen LogP contribution in [0.1, 0.15) is 45.0 Å². The quantitative estimate of drug-likeness (QED) is 0.894. The molecule has 0 spiro atoms. The molecule has 1 saturated heterocycles. The van der Waals surface area contributed by atoms with Crippen LogP contribution in [-0.4, -0.2) is 40.7 Å². The largest absolute Gasteiger partial charge is 0.444 e. The number of likely N-dealkylation sites (tertiary alicyclic amines) is 1. The zero-order valence-electron chi connectivity index (χ0n) is 14.8. The average Bonchev–Trinajstić information content (AvgIpc) is 2.35. The summed E-state index contributed by atoms with van der Waals surface area (Å²) < 4.78 is 5.46. The summed E-state index contributed by atoms with van der Waals surface area (Å²) in [6.07, 6.45) is 1.82. The smallest absolute Gasteiger partial charge is 0.410 e. The predicted octanol–water partition coefficient (Wildman–Crippen LogP) is 3.62. The second kappa shape index (κ2) is 7.90. The molecule has 0 unspecified atom stereocenters. The second-order valence-corrected chi connectivity index (χ2v) is 7.05. The SMILES string of the molecule is Cc1cc(N[C@H]2CCCN(C(=O)OC(C)(C)C)C2)cc(C)n1.S. The molecule has 0 saturated carbocycles. The Morgan fingerprint density at radius 1 is 1.30 bits per heavy atom. The highest BCUT2D eigenvalue weighted by Gasteiger charge is 2.27. The fourth-order valence-corrected chi connectivity index (χ4v) is 2.74. The Balaban J connectivity index is 0.00000264. The van der Waals surface area contributed by atoms with Gasteiger partial charge < -0.3 is 15.0 Å². The fourth-order valence-electron chi connectivity index (χ4n) is 2.74. The maximum absolute atomic E-state index is 12.2. The van der Waals surface area contributed by atoms with Gasteiger partial charge in [0.2, 0.25) is 0 Å². The Morgan fingerprint density at radius 2 is 1.91 bits per heavy atom. The summed E-state index contributed by atoms with van der Waals surface area (Å²) in [5, 5.41) is 3.52. The summed E-state index contributed by atoms with van der Waals surface area (Å²) in [6, 6.07) is 4.33. The Hall–Kier alpha value is -1.43. The van der Waals surface area contributed by atoms with Gasteiger partial charge in [-0.3, -0.25) is 4.98 Å². The molecule has 2 heterocycles. The maximum atomic E-state index is 12.2. The molecule has 0 aliphatic carbocycles. The van der Waals surface area contributed by atoms with Crippen molar-refractivity contribution in [3.05, 3.63) is 23.5 Å². The van der Waals surface area contributed by atoms with Crippen LogP contribution in [0.4, 0.5) is 10.5 Å². The normalized spacial score (nSPS) is 18.1. The van der Waals surface area contributed by atoms with Crippen LogP contribution in [0, 0.1) is 13.8 Å². The zero-order valence-corrected chi connectivity index (χ0v) is 15.8. The molecule has 0 aromatic carbocycles. The molecule has 23 heavy (non-hydrogen) atoms. The number of aryl methyl sites for hydroxylation is 2. The second-order valence-electron chi connectivity index (χ2n) is 7.05. The van der Waals surface area contributed by atoms with Crippen molar-refractivity contribution in [2.45, 2.75) is 59.1 Å². The minimum absolute atomic E-state index is 0. The van der Waals surface area contributed by atoms with E-state index >= 15 is 0 Å². The van der Waals surface area contributed by atoms with Gasteiger partial charge in [0, 0.05) is 36.2 Å². The molecule has 1 amide bonds. The van der Waals surface area contributed by atoms with Gasteiger partial charge >= 0.3 is 6.09 Å². The fraction of sp³-hybridized carbons (Fsp3) is 0.647. The topological polar surface area (TPSA) is 54.5 Å². The van der Waals surface area contributed by atoms with E-state index < -0.39 is 5.60 Å². The maximum Gasteiger partial charge on any atom is 0.410 e. The number of nitrogens with one attached hydrogen (secondary N) is 1. The van der Waals surface area contributed by atoms with E-state index in [9.17, 15) is 4.79 Å². The van der Waals surface area contributed by atoms with Gasteiger partial charge in [-0.1, -0.05) is 0 Å². The van der Waals surface area contributed by atoms with E-state index in [1.807, 2.05) is 46.8 Å². The number of rotatable bonds is 2. The summed E-state index contributed by atoms with van der Waals surface area (Å²) in [5.74, 6) is 0. The Kier molecular flexibility index (Phi) is 6.74. The number of pyridine rings is 1. The molecular formula is C17H29N3O2S. The lowest BCUT2D eigenvalue weighted by Crippen LogP contribution is -2.47. The number of nitrogens with zero attached hydrogens (tertiary/aromatic N) is 2. The molecule has 1 N–H and O–H groups in total. The number of hydrogen-bond donors (Lipinski definition) is 1. The molecule has 6 heteroatoms. The number of ether oxygens (including phenoxy) is 1. The minimum Gasteiger partial charge on any atom is -0.444 e. The van der Waals surface area contributed by atoms with Crippen LogP contribution >= 0.6 is 13.5 Å². The highest BCUT2D eigenvalue weighted by atomic mass is 32.1. The predicted molar refractivity (Wildman–Crippen MR) is 98.5 cm³/mol. The molecular weight excluding hydrogens is 310 g/mol. The van der Waals surface area contributed by atoms with Gasteiger partial charge in [0.1, 0.15) is 5.60 Å². The Bertz CT molecular complexity index is 523. The first-order valence-electron chi connectivity index (χ1n) is 7.93. The van der Waals surface area contributed by atoms with Gasteiger partial charge in [-0.15, -0.1) is 0 Å². The van der Waals surface area contributed by atoms with Gasteiger partial charge in [-0.05, 0) is 59.6 Å². The van der Waals surface area contributed by atoms with Gasteiger partial charge in [0.05, 0.1) is 0 Å². The van der Waals surface area contributed by atoms with E-state index in [0.29, 0.717) is 6.54 Å². The van der Waals surface area contributed by atoms with Crippen molar-refractivity contribution in [3.63, 3.8) is 0 Å². The molecule has 130 valence electrons. The van der Waals surface area contributed by atoms with Crippen LogP contribution < -0.4 is 5.32 Å². The Morgan fingerprint density at radius 3 is 2.48 bits per heavy atom. The van der Waals surface area contributed by atoms with E-state index in [1.54, 1.807) is 4.90 Å². The lowest BCUT2D eigenvalue weighted by atomic mass is 10.1. The van der Waals surface area contributed by atoms with Crippen LogP contribution in [-0.2, 0) is 4.74 Å². The number of piperidine rings is 1. The van der Waals surface area contributed by atoms with Crippen molar-refractivity contribution in [2.75, 3.05) is 18.4 Å². The van der Waals surface area contributed by atoms with E-state index in [-0.39, 0.29) is 25.6 Å². The summed E-state index contributed by atoms with van der Waals surface area (Å²) >= 11 is 0. The van der Waals surface area contributed by atoms with Gasteiger partial charge in [-0.2, -0.15) is 13.5 Å². The van der Waals surface area contributed by atoms with Crippen LogP contribution in [0.25, 0.3) is 0 Å². The van der Waals surface area contributed by atoms with E-state index in [1.165, 1.54) is 0 Å². The molecule has 1 aromatic heterocycles. The number of anilines is 1. The molecule has 1 fully saturated rings. The highest BCUT2D eigenvalue weighted by Crippen LogP contribution is 2.19. The van der Waals surface area contributed by atoms with Crippen LogP contribution in [0.5, 0.6) is 0 Å². The van der Waals surface area contributed by atoms with Crippen molar-refractivity contribution in [2.24, 2.45) is 0 Å². The summed E-state index contributed by atoms with van der Waals surface area (Å²) in [6.45, 7) is 11.1. The third-order valence-corrected chi connectivity index (χ3v) is 3.53. The Labute approximate surface area is 146 Å². The first kappa shape index (κ1) is 19.6. The molecule has 5 nitrogen and oxygen atoms in total. The van der Waals surface area contributed by atoms with Crippen LogP contribution in [0.2, 0.25) is 0 Å². The monoisotopic (exact) mass is 339 g/mol. The van der Waals surface area contributed by atoms with Crippen molar-refractivity contribution >= 4 is 25.3 Å². The van der Waals surface area contributed by atoms with Gasteiger partial charge in [-0.25, -0.2) is 4.79 Å². The molecule has 0 radical (unpaired) electrons. The van der Waals surface area contributed by atoms with Crippen LogP contribution in [0.3, 0.4) is 0 Å². The summed E-state index contributed by atoms with van der Waals surface area (Å²) in [5.41, 5.74) is 2.63. The first-order chi connectivity index (χ1) is 10.2. The van der Waals surface area contributed by atoms with Crippen molar-refractivity contribution in [1.29, 1.82) is 0 Å². The molecule has 1 aliphatic heterocycles. The number of hydrogen-bond acceptors (Lipinski definition) is 4. The highest BCUT2D eigenvalue weighted by molar-refractivity contribution is 7.59. The number of amides is 1. The number of carbonyl (C=O) groups is 1. The van der Waals surface area contributed by atoms with E-state index in [2.05, 4.69) is 10.3 Å². The van der Waals surface area contributed by atoms with Gasteiger partial charge in [0.25, 0.3) is 0 Å². The lowest BCUT2D eigenvalue weighted by Gasteiger charge is -2.34. The third-order valence-electron chi connectivity index (χ3n) is 3.53. The summed E-state index contributed by atoms with van der Waals surface area (Å²) in [4.78, 5) is 18.4. The number of carbonyl (C=O) groups excluding carboxylic acids is 1. The van der Waals surface area contributed by atoms with Crippen molar-refractivity contribution < 1.29 is 9.53 Å².